The van der Waals surface area contributed by atoms with E-state index in [1.54, 1.807) is 12.1 Å². The lowest BCUT2D eigenvalue weighted by Gasteiger charge is -2.09. The van der Waals surface area contributed by atoms with Gasteiger partial charge in [-0.2, -0.15) is 0 Å². The molecule has 1 saturated carbocycles. The van der Waals surface area contributed by atoms with E-state index in [0.717, 1.165) is 31.2 Å². The van der Waals surface area contributed by atoms with Crippen LogP contribution in [0.25, 0.3) is 0 Å². The monoisotopic (exact) mass is 206 g/mol. The minimum atomic E-state index is -0.377. The van der Waals surface area contributed by atoms with Crippen LogP contribution in [0.2, 0.25) is 0 Å². The first-order valence-electron chi connectivity index (χ1n) is 5.49. The molecule has 1 fully saturated rings. The fourth-order valence-electron chi connectivity index (χ4n) is 2.24. The average molecular weight is 206 g/mol. The average Bonchev–Trinajstić information content (AvgIpc) is 2.74. The molecule has 2 rings (SSSR count). The van der Waals surface area contributed by atoms with Crippen LogP contribution in [0.4, 0.5) is 4.39 Å². The third kappa shape index (κ3) is 2.09. The van der Waals surface area contributed by atoms with E-state index in [1.807, 2.05) is 6.92 Å². The van der Waals surface area contributed by atoms with Crippen molar-refractivity contribution in [1.29, 1.82) is 0 Å². The Morgan fingerprint density at radius 3 is 2.67 bits per heavy atom. The highest BCUT2D eigenvalue weighted by molar-refractivity contribution is 5.98. The molecule has 1 nitrogen and oxygen atoms in total. The Morgan fingerprint density at radius 2 is 2.00 bits per heavy atom. The van der Waals surface area contributed by atoms with E-state index >= 15 is 0 Å². The summed E-state index contributed by atoms with van der Waals surface area (Å²) in [6, 6.07) is 4.74. The molecular weight excluding hydrogens is 191 g/mol. The number of hydrogen-bond acceptors (Lipinski definition) is 1. The minimum absolute atomic E-state index is 0.00583. The molecule has 0 aliphatic heterocycles. The molecule has 0 bridgehead atoms. The molecule has 0 aromatic heterocycles. The summed E-state index contributed by atoms with van der Waals surface area (Å²) in [6.07, 6.45) is 4.05. The van der Waals surface area contributed by atoms with Crippen LogP contribution in [0, 0.1) is 18.7 Å². The van der Waals surface area contributed by atoms with E-state index in [4.69, 9.17) is 0 Å². The Labute approximate surface area is 89.3 Å². The zero-order valence-electron chi connectivity index (χ0n) is 8.92. The van der Waals surface area contributed by atoms with Crippen molar-refractivity contribution in [3.05, 3.63) is 35.1 Å². The number of benzene rings is 1. The van der Waals surface area contributed by atoms with Crippen molar-refractivity contribution in [2.24, 2.45) is 5.92 Å². The van der Waals surface area contributed by atoms with E-state index in [2.05, 4.69) is 0 Å². The van der Waals surface area contributed by atoms with Gasteiger partial charge in [0.1, 0.15) is 5.82 Å². The molecule has 0 amide bonds. The van der Waals surface area contributed by atoms with Gasteiger partial charge in [0.25, 0.3) is 0 Å². The summed E-state index contributed by atoms with van der Waals surface area (Å²) in [7, 11) is 0. The fourth-order valence-corrected chi connectivity index (χ4v) is 2.24. The predicted molar refractivity (Wildman–Crippen MR) is 57.4 cm³/mol. The van der Waals surface area contributed by atoms with Gasteiger partial charge in [0.2, 0.25) is 0 Å². The molecule has 1 aliphatic rings. The summed E-state index contributed by atoms with van der Waals surface area (Å²) >= 11 is 0. The van der Waals surface area contributed by atoms with Gasteiger partial charge in [0.15, 0.2) is 5.78 Å². The topological polar surface area (TPSA) is 17.1 Å². The van der Waals surface area contributed by atoms with Crippen LogP contribution >= 0.6 is 0 Å². The van der Waals surface area contributed by atoms with Gasteiger partial charge >= 0.3 is 0 Å². The van der Waals surface area contributed by atoms with Gasteiger partial charge in [-0.05, 0) is 31.9 Å². The molecular formula is C13H15FO. The van der Waals surface area contributed by atoms with Crippen LogP contribution in [-0.2, 0) is 0 Å². The quantitative estimate of drug-likeness (QED) is 0.677. The van der Waals surface area contributed by atoms with Crippen molar-refractivity contribution >= 4 is 5.78 Å². The first-order chi connectivity index (χ1) is 7.18. The summed E-state index contributed by atoms with van der Waals surface area (Å²) in [5.41, 5.74) is 1.22. The molecule has 0 N–H and O–H groups in total. The number of rotatable bonds is 2. The number of carbonyl (C=O) groups is 1. The summed E-state index contributed by atoms with van der Waals surface area (Å²) in [5, 5.41) is 0. The Bertz CT molecular complexity index is 378. The first kappa shape index (κ1) is 10.3. The van der Waals surface area contributed by atoms with Crippen molar-refractivity contribution in [2.45, 2.75) is 32.6 Å². The highest BCUT2D eigenvalue weighted by atomic mass is 19.1. The Morgan fingerprint density at radius 1 is 1.33 bits per heavy atom. The van der Waals surface area contributed by atoms with E-state index in [1.165, 1.54) is 6.07 Å². The lowest BCUT2D eigenvalue weighted by molar-refractivity contribution is 0.0918. The van der Waals surface area contributed by atoms with Crippen LogP contribution in [0.5, 0.6) is 0 Å². The number of carbonyl (C=O) groups excluding carboxylic acids is 1. The van der Waals surface area contributed by atoms with Crippen molar-refractivity contribution < 1.29 is 9.18 Å². The molecule has 2 heteroatoms. The second-order valence-corrected chi connectivity index (χ2v) is 4.33. The van der Waals surface area contributed by atoms with Crippen LogP contribution in [-0.4, -0.2) is 5.78 Å². The summed E-state index contributed by atoms with van der Waals surface area (Å²) in [4.78, 5) is 12.0. The van der Waals surface area contributed by atoms with Crippen molar-refractivity contribution in [2.75, 3.05) is 0 Å². The molecule has 1 aromatic carbocycles. The van der Waals surface area contributed by atoms with Gasteiger partial charge in [-0.25, -0.2) is 4.39 Å². The number of Topliss-reactive ketones (excluding diaryl/α,β-unsaturated/α-hetero) is 1. The summed E-state index contributed by atoms with van der Waals surface area (Å²) in [5.74, 6) is -0.326. The molecule has 0 spiro atoms. The maximum atomic E-state index is 13.5. The standard InChI is InChI=1S/C13H15FO/c1-9-6-7-12(14)11(8-9)13(15)10-4-2-3-5-10/h6-8,10H,2-5H2,1H3. The third-order valence-corrected chi connectivity index (χ3v) is 3.11. The van der Waals surface area contributed by atoms with E-state index in [-0.39, 0.29) is 23.1 Å². The Hall–Kier alpha value is -1.18. The maximum Gasteiger partial charge on any atom is 0.168 e. The smallest absolute Gasteiger partial charge is 0.168 e. The van der Waals surface area contributed by atoms with Crippen molar-refractivity contribution in [1.82, 2.24) is 0 Å². The summed E-state index contributed by atoms with van der Waals surface area (Å²) in [6.45, 7) is 1.88. The van der Waals surface area contributed by atoms with Crippen molar-refractivity contribution in [3.63, 3.8) is 0 Å². The van der Waals surface area contributed by atoms with E-state index < -0.39 is 0 Å². The van der Waals surface area contributed by atoms with Crippen molar-refractivity contribution in [3.8, 4) is 0 Å². The highest BCUT2D eigenvalue weighted by Crippen LogP contribution is 2.29. The Balaban J connectivity index is 2.27. The molecule has 1 aliphatic carbocycles. The van der Waals surface area contributed by atoms with E-state index in [0.29, 0.717) is 0 Å². The molecule has 1 aromatic rings. The highest BCUT2D eigenvalue weighted by Gasteiger charge is 2.25. The Kier molecular flexibility index (Phi) is 2.85. The number of ketones is 1. The normalized spacial score (nSPS) is 16.9. The molecule has 0 radical (unpaired) electrons. The van der Waals surface area contributed by atoms with Gasteiger partial charge < -0.3 is 0 Å². The lowest BCUT2D eigenvalue weighted by atomic mass is 9.95. The molecule has 0 saturated heterocycles. The second-order valence-electron chi connectivity index (χ2n) is 4.33. The van der Waals surface area contributed by atoms with Gasteiger partial charge in [-0.15, -0.1) is 0 Å². The first-order valence-corrected chi connectivity index (χ1v) is 5.49. The minimum Gasteiger partial charge on any atom is -0.294 e. The zero-order valence-corrected chi connectivity index (χ0v) is 8.92. The zero-order chi connectivity index (χ0) is 10.8. The lowest BCUT2D eigenvalue weighted by Crippen LogP contribution is -2.13. The third-order valence-electron chi connectivity index (χ3n) is 3.11. The second kappa shape index (κ2) is 4.13. The van der Waals surface area contributed by atoms with Crippen LogP contribution in [0.15, 0.2) is 18.2 Å². The molecule has 0 heterocycles. The number of hydrogen-bond donors (Lipinski definition) is 0. The van der Waals surface area contributed by atoms with Gasteiger partial charge in [0, 0.05) is 5.92 Å². The number of halogens is 1. The van der Waals surface area contributed by atoms with Crippen LogP contribution in [0.1, 0.15) is 41.6 Å². The fraction of sp³-hybridized carbons (Fsp3) is 0.462. The predicted octanol–water partition coefficient (Wildman–Crippen LogP) is 3.51. The van der Waals surface area contributed by atoms with E-state index in [9.17, 15) is 9.18 Å². The van der Waals surface area contributed by atoms with Gasteiger partial charge in [-0.3, -0.25) is 4.79 Å². The van der Waals surface area contributed by atoms with Gasteiger partial charge in [0.05, 0.1) is 5.56 Å². The largest absolute Gasteiger partial charge is 0.294 e. The molecule has 80 valence electrons. The maximum absolute atomic E-state index is 13.5. The van der Waals surface area contributed by atoms with Crippen LogP contribution < -0.4 is 0 Å². The number of aryl methyl sites for hydroxylation is 1. The molecule has 0 atom stereocenters. The SMILES string of the molecule is Cc1ccc(F)c(C(=O)C2CCCC2)c1. The summed E-state index contributed by atoms with van der Waals surface area (Å²) < 4.78 is 13.5. The van der Waals surface area contributed by atoms with Crippen LogP contribution in [0.3, 0.4) is 0 Å². The molecule has 15 heavy (non-hydrogen) atoms. The molecule has 0 unspecified atom stereocenters. The van der Waals surface area contributed by atoms with Gasteiger partial charge in [-0.1, -0.05) is 24.5 Å².